The van der Waals surface area contributed by atoms with Gasteiger partial charge in [0.05, 0.1) is 10.9 Å². The van der Waals surface area contributed by atoms with Crippen molar-refractivity contribution in [3.05, 3.63) is 23.4 Å². The van der Waals surface area contributed by atoms with E-state index in [4.69, 9.17) is 10.3 Å². The van der Waals surface area contributed by atoms with E-state index in [0.717, 1.165) is 4.88 Å². The van der Waals surface area contributed by atoms with Crippen LogP contribution in [-0.4, -0.2) is 10.1 Å². The van der Waals surface area contributed by atoms with Crippen molar-refractivity contribution in [2.45, 2.75) is 19.9 Å². The third-order valence-corrected chi connectivity index (χ3v) is 3.05. The smallest absolute Gasteiger partial charge is 0.244 e. The van der Waals surface area contributed by atoms with Crippen molar-refractivity contribution in [3.8, 4) is 10.7 Å². The molecule has 0 aliphatic rings. The zero-order valence-electron chi connectivity index (χ0n) is 8.68. The highest BCUT2D eigenvalue weighted by Crippen LogP contribution is 2.24. The molecular formula is C10H13N3OS. The maximum absolute atomic E-state index is 5.91. The van der Waals surface area contributed by atoms with Gasteiger partial charge >= 0.3 is 0 Å². The average Bonchev–Trinajstić information content (AvgIpc) is 2.86. The highest BCUT2D eigenvalue weighted by Gasteiger charge is 2.18. The van der Waals surface area contributed by atoms with Crippen LogP contribution in [0.15, 0.2) is 22.0 Å². The number of thiophene rings is 1. The largest absolute Gasteiger partial charge is 0.337 e. The first kappa shape index (κ1) is 10.3. The zero-order valence-corrected chi connectivity index (χ0v) is 9.49. The maximum Gasteiger partial charge on any atom is 0.244 e. The van der Waals surface area contributed by atoms with Gasteiger partial charge < -0.3 is 10.3 Å². The third kappa shape index (κ3) is 2.08. The van der Waals surface area contributed by atoms with Gasteiger partial charge in [0.2, 0.25) is 11.7 Å². The second kappa shape index (κ2) is 4.12. The second-order valence-corrected chi connectivity index (χ2v) is 4.65. The lowest BCUT2D eigenvalue weighted by atomic mass is 10.1. The lowest BCUT2D eigenvalue weighted by molar-refractivity contribution is 0.325. The molecule has 0 amide bonds. The summed E-state index contributed by atoms with van der Waals surface area (Å²) >= 11 is 1.58. The average molecular weight is 223 g/mol. The van der Waals surface area contributed by atoms with E-state index in [9.17, 15) is 0 Å². The molecule has 5 heteroatoms. The fourth-order valence-corrected chi connectivity index (χ4v) is 1.81. The first-order chi connectivity index (χ1) is 7.18. The normalized spacial score (nSPS) is 13.3. The van der Waals surface area contributed by atoms with Crippen molar-refractivity contribution in [2.75, 3.05) is 0 Å². The zero-order chi connectivity index (χ0) is 10.8. The number of aromatic nitrogens is 2. The van der Waals surface area contributed by atoms with Crippen LogP contribution in [0.1, 0.15) is 25.8 Å². The van der Waals surface area contributed by atoms with Gasteiger partial charge in [-0.1, -0.05) is 25.1 Å². The summed E-state index contributed by atoms with van der Waals surface area (Å²) in [5, 5.41) is 5.89. The molecule has 4 nitrogen and oxygen atoms in total. The second-order valence-electron chi connectivity index (χ2n) is 3.70. The minimum Gasteiger partial charge on any atom is -0.337 e. The molecule has 2 heterocycles. The molecule has 0 saturated carbocycles. The number of rotatable bonds is 3. The lowest BCUT2D eigenvalue weighted by Crippen LogP contribution is -2.16. The van der Waals surface area contributed by atoms with Crippen LogP contribution in [0.5, 0.6) is 0 Å². The first-order valence-corrected chi connectivity index (χ1v) is 5.69. The minimum atomic E-state index is -0.189. The summed E-state index contributed by atoms with van der Waals surface area (Å²) in [7, 11) is 0. The van der Waals surface area contributed by atoms with E-state index in [1.54, 1.807) is 11.3 Å². The Hall–Kier alpha value is -1.20. The molecule has 0 spiro atoms. The van der Waals surface area contributed by atoms with Gasteiger partial charge in [-0.05, 0) is 17.4 Å². The Kier molecular flexibility index (Phi) is 2.83. The van der Waals surface area contributed by atoms with Gasteiger partial charge in [0.25, 0.3) is 0 Å². The van der Waals surface area contributed by atoms with Crippen molar-refractivity contribution >= 4 is 11.3 Å². The molecule has 0 aromatic carbocycles. The summed E-state index contributed by atoms with van der Waals surface area (Å²) in [5.41, 5.74) is 5.91. The Labute approximate surface area is 92.1 Å². The molecule has 15 heavy (non-hydrogen) atoms. The van der Waals surface area contributed by atoms with Gasteiger partial charge in [0.15, 0.2) is 0 Å². The molecule has 80 valence electrons. The van der Waals surface area contributed by atoms with E-state index in [0.29, 0.717) is 17.6 Å². The molecule has 2 rings (SSSR count). The highest BCUT2D eigenvalue weighted by atomic mass is 32.1. The van der Waals surface area contributed by atoms with Crippen molar-refractivity contribution in [2.24, 2.45) is 11.7 Å². The Morgan fingerprint density at radius 2 is 2.27 bits per heavy atom. The van der Waals surface area contributed by atoms with Crippen LogP contribution in [0.25, 0.3) is 10.7 Å². The Morgan fingerprint density at radius 3 is 2.87 bits per heavy atom. The van der Waals surface area contributed by atoms with Crippen LogP contribution in [0.4, 0.5) is 0 Å². The molecule has 0 radical (unpaired) electrons. The molecule has 0 saturated heterocycles. The fourth-order valence-electron chi connectivity index (χ4n) is 1.16. The molecule has 0 bridgehead atoms. The number of nitrogens with zero attached hydrogens (tertiary/aromatic N) is 2. The molecule has 0 unspecified atom stereocenters. The summed E-state index contributed by atoms with van der Waals surface area (Å²) in [6.45, 7) is 4.05. The Bertz CT molecular complexity index is 422. The molecule has 2 aromatic heterocycles. The van der Waals surface area contributed by atoms with Crippen molar-refractivity contribution in [1.29, 1.82) is 0 Å². The van der Waals surface area contributed by atoms with E-state index >= 15 is 0 Å². The SMILES string of the molecule is CC(C)[C@@H](N)c1nc(-c2cccs2)no1. The van der Waals surface area contributed by atoms with Crippen LogP contribution < -0.4 is 5.73 Å². The van der Waals surface area contributed by atoms with E-state index in [1.165, 1.54) is 0 Å². The molecule has 0 aliphatic carbocycles. The first-order valence-electron chi connectivity index (χ1n) is 4.81. The topological polar surface area (TPSA) is 64.9 Å². The Morgan fingerprint density at radius 1 is 1.47 bits per heavy atom. The molecule has 1 atom stereocenters. The fraction of sp³-hybridized carbons (Fsp3) is 0.400. The van der Waals surface area contributed by atoms with Crippen LogP contribution >= 0.6 is 11.3 Å². The summed E-state index contributed by atoms with van der Waals surface area (Å²) in [6, 6.07) is 3.73. The van der Waals surface area contributed by atoms with E-state index < -0.39 is 0 Å². The molecule has 2 N–H and O–H groups in total. The number of nitrogens with two attached hydrogens (primary N) is 1. The third-order valence-electron chi connectivity index (χ3n) is 2.19. The summed E-state index contributed by atoms with van der Waals surface area (Å²) in [4.78, 5) is 5.28. The summed E-state index contributed by atoms with van der Waals surface area (Å²) in [6.07, 6.45) is 0. The number of hydrogen-bond acceptors (Lipinski definition) is 5. The Balaban J connectivity index is 2.25. The van der Waals surface area contributed by atoms with E-state index in [-0.39, 0.29) is 6.04 Å². The molecular weight excluding hydrogens is 210 g/mol. The monoisotopic (exact) mass is 223 g/mol. The van der Waals surface area contributed by atoms with E-state index in [2.05, 4.69) is 10.1 Å². The van der Waals surface area contributed by atoms with Gasteiger partial charge in [-0.2, -0.15) is 4.98 Å². The maximum atomic E-state index is 5.91. The van der Waals surface area contributed by atoms with Gasteiger partial charge in [0.1, 0.15) is 0 Å². The van der Waals surface area contributed by atoms with Gasteiger partial charge in [-0.3, -0.25) is 0 Å². The molecule has 0 fully saturated rings. The quantitative estimate of drug-likeness (QED) is 0.868. The highest BCUT2D eigenvalue weighted by molar-refractivity contribution is 7.13. The lowest BCUT2D eigenvalue weighted by Gasteiger charge is -2.08. The van der Waals surface area contributed by atoms with Gasteiger partial charge in [0, 0.05) is 0 Å². The molecule has 0 aliphatic heterocycles. The van der Waals surface area contributed by atoms with Gasteiger partial charge in [-0.15, -0.1) is 11.3 Å². The predicted octanol–water partition coefficient (Wildman–Crippen LogP) is 2.45. The van der Waals surface area contributed by atoms with E-state index in [1.807, 2.05) is 31.4 Å². The van der Waals surface area contributed by atoms with Crippen LogP contribution in [0.3, 0.4) is 0 Å². The van der Waals surface area contributed by atoms with Crippen LogP contribution in [0, 0.1) is 5.92 Å². The van der Waals surface area contributed by atoms with Crippen molar-refractivity contribution in [1.82, 2.24) is 10.1 Å². The molecule has 2 aromatic rings. The predicted molar refractivity (Wildman–Crippen MR) is 59.4 cm³/mol. The van der Waals surface area contributed by atoms with Crippen molar-refractivity contribution < 1.29 is 4.52 Å². The van der Waals surface area contributed by atoms with Crippen LogP contribution in [-0.2, 0) is 0 Å². The van der Waals surface area contributed by atoms with Crippen LogP contribution in [0.2, 0.25) is 0 Å². The van der Waals surface area contributed by atoms with Gasteiger partial charge in [-0.25, -0.2) is 0 Å². The number of hydrogen-bond donors (Lipinski definition) is 1. The van der Waals surface area contributed by atoms with Crippen molar-refractivity contribution in [3.63, 3.8) is 0 Å². The standard InChI is InChI=1S/C10H13N3OS/c1-6(2)8(11)10-12-9(13-14-10)7-4-3-5-15-7/h3-6,8H,11H2,1-2H3/t8-/m1/s1. The minimum absolute atomic E-state index is 0.189. The summed E-state index contributed by atoms with van der Waals surface area (Å²) in [5.74, 6) is 1.42. The summed E-state index contributed by atoms with van der Waals surface area (Å²) < 4.78 is 5.13.